The zero-order chi connectivity index (χ0) is 13.4. The summed E-state index contributed by atoms with van der Waals surface area (Å²) in [5.74, 6) is 0.243. The van der Waals surface area contributed by atoms with E-state index in [1.807, 2.05) is 10.9 Å². The maximum absolute atomic E-state index is 11.0. The maximum Gasteiger partial charge on any atom is 0.248 e. The van der Waals surface area contributed by atoms with Gasteiger partial charge in [-0.3, -0.25) is 9.48 Å². The van der Waals surface area contributed by atoms with Crippen molar-refractivity contribution in [3.05, 3.63) is 36.2 Å². The van der Waals surface area contributed by atoms with Gasteiger partial charge in [0.15, 0.2) is 0 Å². The first-order chi connectivity index (χ1) is 9.13. The molecule has 0 saturated heterocycles. The second kappa shape index (κ2) is 4.42. The molecule has 0 atom stereocenters. The lowest BCUT2D eigenvalue weighted by atomic mass is 10.1. The number of nitrogens with zero attached hydrogens (tertiary/aromatic N) is 2. The van der Waals surface area contributed by atoms with Gasteiger partial charge in [-0.15, -0.1) is 0 Å². The van der Waals surface area contributed by atoms with E-state index in [4.69, 9.17) is 5.73 Å². The van der Waals surface area contributed by atoms with Crippen molar-refractivity contribution in [2.45, 2.75) is 19.4 Å². The first-order valence-electron chi connectivity index (χ1n) is 6.29. The highest BCUT2D eigenvalue weighted by Gasteiger charge is 2.22. The van der Waals surface area contributed by atoms with E-state index < -0.39 is 5.91 Å². The minimum absolute atomic E-state index is 0.0438. The van der Waals surface area contributed by atoms with E-state index in [9.17, 15) is 9.90 Å². The predicted molar refractivity (Wildman–Crippen MR) is 70.6 cm³/mol. The number of carbonyl (C=O) groups excluding carboxylic acids is 1. The zero-order valence-corrected chi connectivity index (χ0v) is 10.4. The summed E-state index contributed by atoms with van der Waals surface area (Å²) in [6.45, 7) is 0.931. The second-order valence-electron chi connectivity index (χ2n) is 4.99. The van der Waals surface area contributed by atoms with Crippen molar-refractivity contribution in [1.82, 2.24) is 9.78 Å². The number of phenolic OH excluding ortho intramolecular Hbond substituents is 1. The third-order valence-corrected chi connectivity index (χ3v) is 3.37. The predicted octanol–water partition coefficient (Wildman–Crippen LogP) is 1.76. The van der Waals surface area contributed by atoms with Gasteiger partial charge in [-0.1, -0.05) is 0 Å². The molecular weight excluding hydrogens is 242 g/mol. The van der Waals surface area contributed by atoms with E-state index in [-0.39, 0.29) is 5.75 Å². The number of phenols is 1. The fourth-order valence-electron chi connectivity index (χ4n) is 2.10. The Morgan fingerprint density at radius 1 is 1.47 bits per heavy atom. The van der Waals surface area contributed by atoms with Crippen LogP contribution in [0.25, 0.3) is 11.1 Å². The molecule has 0 radical (unpaired) electrons. The molecule has 98 valence electrons. The van der Waals surface area contributed by atoms with Crippen LogP contribution in [0.2, 0.25) is 0 Å². The summed E-state index contributed by atoms with van der Waals surface area (Å²) in [7, 11) is 0. The molecule has 1 fully saturated rings. The van der Waals surface area contributed by atoms with Crippen LogP contribution in [0.5, 0.6) is 5.75 Å². The molecule has 1 aromatic carbocycles. The van der Waals surface area contributed by atoms with Crippen molar-refractivity contribution in [3.63, 3.8) is 0 Å². The maximum atomic E-state index is 11.0. The molecule has 1 amide bonds. The lowest BCUT2D eigenvalue weighted by molar-refractivity contribution is 0.1000. The van der Waals surface area contributed by atoms with E-state index in [0.29, 0.717) is 11.1 Å². The Kier molecular flexibility index (Phi) is 2.74. The molecule has 0 bridgehead atoms. The van der Waals surface area contributed by atoms with Crippen LogP contribution in [-0.4, -0.2) is 20.8 Å². The molecule has 1 aliphatic carbocycles. The van der Waals surface area contributed by atoms with Crippen molar-refractivity contribution >= 4 is 5.91 Å². The SMILES string of the molecule is NC(=O)c1ccc(-c2cnn(CC3CC3)c2)c(O)c1. The molecule has 5 heteroatoms. The molecule has 0 aliphatic heterocycles. The van der Waals surface area contributed by atoms with Crippen LogP contribution in [0, 0.1) is 5.92 Å². The van der Waals surface area contributed by atoms with E-state index in [2.05, 4.69) is 5.10 Å². The number of aromatic hydroxyl groups is 1. The first kappa shape index (κ1) is 11.8. The molecule has 1 aromatic heterocycles. The topological polar surface area (TPSA) is 81.1 Å². The van der Waals surface area contributed by atoms with Crippen LogP contribution < -0.4 is 5.73 Å². The Morgan fingerprint density at radius 2 is 2.26 bits per heavy atom. The minimum atomic E-state index is -0.550. The van der Waals surface area contributed by atoms with Gasteiger partial charge in [0, 0.05) is 29.4 Å². The van der Waals surface area contributed by atoms with Gasteiger partial charge in [0.05, 0.1) is 6.20 Å². The smallest absolute Gasteiger partial charge is 0.248 e. The van der Waals surface area contributed by atoms with Gasteiger partial charge in [-0.25, -0.2) is 0 Å². The molecule has 19 heavy (non-hydrogen) atoms. The summed E-state index contributed by atoms with van der Waals surface area (Å²) in [6.07, 6.45) is 6.18. The minimum Gasteiger partial charge on any atom is -0.507 e. The molecular formula is C14H15N3O2. The summed E-state index contributed by atoms with van der Waals surface area (Å²) in [4.78, 5) is 11.0. The van der Waals surface area contributed by atoms with Gasteiger partial charge in [0.1, 0.15) is 5.75 Å². The Morgan fingerprint density at radius 3 is 2.89 bits per heavy atom. The average molecular weight is 257 g/mol. The van der Waals surface area contributed by atoms with E-state index in [1.54, 1.807) is 18.3 Å². The third-order valence-electron chi connectivity index (χ3n) is 3.37. The molecule has 1 aliphatic rings. The fourth-order valence-corrected chi connectivity index (χ4v) is 2.10. The molecule has 1 saturated carbocycles. The molecule has 5 nitrogen and oxygen atoms in total. The number of aromatic nitrogens is 2. The number of hydrogen-bond acceptors (Lipinski definition) is 3. The van der Waals surface area contributed by atoms with Crippen molar-refractivity contribution in [1.29, 1.82) is 0 Å². The number of carbonyl (C=O) groups is 1. The highest BCUT2D eigenvalue weighted by molar-refractivity contribution is 5.94. The van der Waals surface area contributed by atoms with Gasteiger partial charge in [-0.2, -0.15) is 5.10 Å². The summed E-state index contributed by atoms with van der Waals surface area (Å²) in [6, 6.07) is 4.68. The summed E-state index contributed by atoms with van der Waals surface area (Å²) < 4.78 is 1.90. The van der Waals surface area contributed by atoms with E-state index in [0.717, 1.165) is 18.0 Å². The number of amides is 1. The van der Waals surface area contributed by atoms with Crippen molar-refractivity contribution in [2.24, 2.45) is 11.7 Å². The fraction of sp³-hybridized carbons (Fsp3) is 0.286. The highest BCUT2D eigenvalue weighted by Crippen LogP contribution is 2.32. The van der Waals surface area contributed by atoms with E-state index in [1.165, 1.54) is 18.9 Å². The zero-order valence-electron chi connectivity index (χ0n) is 10.4. The number of hydrogen-bond donors (Lipinski definition) is 2. The number of benzene rings is 1. The van der Waals surface area contributed by atoms with Crippen molar-refractivity contribution < 1.29 is 9.90 Å². The molecule has 2 aromatic rings. The second-order valence-corrected chi connectivity index (χ2v) is 4.99. The van der Waals surface area contributed by atoms with Crippen LogP contribution in [0.15, 0.2) is 30.6 Å². The van der Waals surface area contributed by atoms with Crippen molar-refractivity contribution in [2.75, 3.05) is 0 Å². The molecule has 0 unspecified atom stereocenters. The quantitative estimate of drug-likeness (QED) is 0.875. The van der Waals surface area contributed by atoms with Crippen LogP contribution in [-0.2, 0) is 6.54 Å². The molecule has 3 rings (SSSR count). The van der Waals surface area contributed by atoms with Gasteiger partial charge in [0.2, 0.25) is 5.91 Å². The van der Waals surface area contributed by atoms with Crippen LogP contribution in [0.4, 0.5) is 0 Å². The number of rotatable bonds is 4. The molecule has 3 N–H and O–H groups in total. The summed E-state index contributed by atoms with van der Waals surface area (Å²) in [5, 5.41) is 14.2. The van der Waals surface area contributed by atoms with Crippen LogP contribution in [0.1, 0.15) is 23.2 Å². The lowest BCUT2D eigenvalue weighted by Crippen LogP contribution is -2.10. The average Bonchev–Trinajstić information content (AvgIpc) is 3.06. The molecule has 0 spiro atoms. The normalized spacial score (nSPS) is 14.5. The standard InChI is InChI=1S/C14H15N3O2/c15-14(19)10-3-4-12(13(18)5-10)11-6-16-17(8-11)7-9-1-2-9/h3-6,8-9,18H,1-2,7H2,(H2,15,19). The Bertz CT molecular complexity index is 629. The first-order valence-corrected chi connectivity index (χ1v) is 6.29. The Labute approximate surface area is 110 Å². The largest absolute Gasteiger partial charge is 0.507 e. The van der Waals surface area contributed by atoms with E-state index >= 15 is 0 Å². The molecule has 1 heterocycles. The Hall–Kier alpha value is -2.30. The monoisotopic (exact) mass is 257 g/mol. The van der Waals surface area contributed by atoms with Gasteiger partial charge < -0.3 is 10.8 Å². The highest BCUT2D eigenvalue weighted by atomic mass is 16.3. The lowest BCUT2D eigenvalue weighted by Gasteiger charge is -2.03. The summed E-state index contributed by atoms with van der Waals surface area (Å²) in [5.41, 5.74) is 6.97. The van der Waals surface area contributed by atoms with Crippen LogP contribution >= 0.6 is 0 Å². The van der Waals surface area contributed by atoms with Crippen molar-refractivity contribution in [3.8, 4) is 16.9 Å². The number of nitrogens with two attached hydrogens (primary N) is 1. The van der Waals surface area contributed by atoms with Gasteiger partial charge in [0.25, 0.3) is 0 Å². The number of primary amides is 1. The van der Waals surface area contributed by atoms with Gasteiger partial charge >= 0.3 is 0 Å². The van der Waals surface area contributed by atoms with Crippen LogP contribution in [0.3, 0.4) is 0 Å². The Balaban J connectivity index is 1.88. The van der Waals surface area contributed by atoms with Gasteiger partial charge in [-0.05, 0) is 37.0 Å². The summed E-state index contributed by atoms with van der Waals surface area (Å²) >= 11 is 0. The third kappa shape index (κ3) is 2.45.